The fourth-order valence-electron chi connectivity index (χ4n) is 2.70. The van der Waals surface area contributed by atoms with Crippen LogP contribution in [-0.4, -0.2) is 38.5 Å². The lowest BCUT2D eigenvalue weighted by atomic mass is 10.2. The van der Waals surface area contributed by atoms with Gasteiger partial charge in [-0.1, -0.05) is 18.2 Å². The number of nitrogens with zero attached hydrogens (tertiary/aromatic N) is 1. The summed E-state index contributed by atoms with van der Waals surface area (Å²) >= 11 is 5.36. The van der Waals surface area contributed by atoms with Crippen molar-refractivity contribution in [3.8, 4) is 5.75 Å². The van der Waals surface area contributed by atoms with Crippen LogP contribution >= 0.6 is 12.2 Å². The standard InChI is InChI=1S/C19H23N3O2S/c1-23-18-4-2-3-16(13-18)21-19(25)20-14-15-5-7-17(8-6-15)22-9-11-24-12-10-22/h2-8,13H,9-12,14H2,1H3,(H2,20,21,25). The molecule has 1 aliphatic rings. The molecule has 1 saturated heterocycles. The number of ether oxygens (including phenoxy) is 2. The van der Waals surface area contributed by atoms with Crippen LogP contribution in [0.2, 0.25) is 0 Å². The number of hydrogen-bond donors (Lipinski definition) is 2. The quantitative estimate of drug-likeness (QED) is 0.802. The summed E-state index contributed by atoms with van der Waals surface area (Å²) in [5, 5.41) is 6.99. The summed E-state index contributed by atoms with van der Waals surface area (Å²) < 4.78 is 10.6. The number of rotatable bonds is 5. The lowest BCUT2D eigenvalue weighted by Crippen LogP contribution is -2.36. The molecule has 1 aliphatic heterocycles. The average Bonchev–Trinajstić information content (AvgIpc) is 2.67. The maximum absolute atomic E-state index is 5.39. The molecule has 25 heavy (non-hydrogen) atoms. The largest absolute Gasteiger partial charge is 0.497 e. The van der Waals surface area contributed by atoms with Crippen LogP contribution < -0.4 is 20.3 Å². The summed E-state index contributed by atoms with van der Waals surface area (Å²) in [5.74, 6) is 0.798. The highest BCUT2D eigenvalue weighted by Crippen LogP contribution is 2.18. The van der Waals surface area contributed by atoms with Crippen LogP contribution in [0.25, 0.3) is 0 Å². The van der Waals surface area contributed by atoms with Gasteiger partial charge in [0.05, 0.1) is 20.3 Å². The van der Waals surface area contributed by atoms with E-state index in [1.165, 1.54) is 11.3 Å². The molecular formula is C19H23N3O2S. The SMILES string of the molecule is COc1cccc(NC(=S)NCc2ccc(N3CCOCC3)cc2)c1. The Morgan fingerprint density at radius 1 is 1.16 bits per heavy atom. The van der Waals surface area contributed by atoms with Crippen LogP contribution in [0, 0.1) is 0 Å². The zero-order valence-corrected chi connectivity index (χ0v) is 15.1. The van der Waals surface area contributed by atoms with Crippen LogP contribution in [0.5, 0.6) is 5.75 Å². The smallest absolute Gasteiger partial charge is 0.171 e. The van der Waals surface area contributed by atoms with Gasteiger partial charge in [0.15, 0.2) is 5.11 Å². The van der Waals surface area contributed by atoms with E-state index >= 15 is 0 Å². The number of nitrogens with one attached hydrogen (secondary N) is 2. The normalized spacial score (nSPS) is 14.0. The summed E-state index contributed by atoms with van der Waals surface area (Å²) in [7, 11) is 1.65. The molecule has 2 N–H and O–H groups in total. The Kier molecular flexibility index (Phi) is 6.09. The zero-order valence-electron chi connectivity index (χ0n) is 14.3. The minimum absolute atomic E-state index is 0.588. The highest BCUT2D eigenvalue weighted by molar-refractivity contribution is 7.80. The number of benzene rings is 2. The molecule has 1 heterocycles. The van der Waals surface area contributed by atoms with Crippen LogP contribution in [0.15, 0.2) is 48.5 Å². The number of methoxy groups -OCH3 is 1. The molecule has 0 saturated carbocycles. The molecule has 0 amide bonds. The van der Waals surface area contributed by atoms with Gasteiger partial charge in [0.2, 0.25) is 0 Å². The predicted molar refractivity (Wildman–Crippen MR) is 106 cm³/mol. The molecule has 0 aromatic heterocycles. The minimum Gasteiger partial charge on any atom is -0.497 e. The second kappa shape index (κ2) is 8.69. The van der Waals surface area contributed by atoms with Crippen LogP contribution in [0.1, 0.15) is 5.56 Å². The lowest BCUT2D eigenvalue weighted by molar-refractivity contribution is 0.122. The van der Waals surface area contributed by atoms with Crippen LogP contribution in [-0.2, 0) is 11.3 Å². The molecule has 0 bridgehead atoms. The van der Waals surface area contributed by atoms with Crippen molar-refractivity contribution in [3.05, 3.63) is 54.1 Å². The first-order valence-electron chi connectivity index (χ1n) is 8.35. The molecule has 0 unspecified atom stereocenters. The Bertz CT molecular complexity index is 700. The summed E-state index contributed by atoms with van der Waals surface area (Å²) in [5.41, 5.74) is 3.33. The van der Waals surface area contributed by atoms with Gasteiger partial charge in [0.1, 0.15) is 5.75 Å². The first-order chi connectivity index (χ1) is 12.2. The van der Waals surface area contributed by atoms with E-state index in [4.69, 9.17) is 21.7 Å². The second-order valence-electron chi connectivity index (χ2n) is 5.81. The molecular weight excluding hydrogens is 334 g/mol. The summed E-state index contributed by atoms with van der Waals surface area (Å²) in [6, 6.07) is 16.3. The Balaban J connectivity index is 1.49. The molecule has 0 atom stereocenters. The van der Waals surface area contributed by atoms with Gasteiger partial charge in [-0.3, -0.25) is 0 Å². The maximum atomic E-state index is 5.39. The van der Waals surface area contributed by atoms with E-state index in [-0.39, 0.29) is 0 Å². The third-order valence-electron chi connectivity index (χ3n) is 4.09. The average molecular weight is 357 g/mol. The van der Waals surface area contributed by atoms with Crippen LogP contribution in [0.4, 0.5) is 11.4 Å². The highest BCUT2D eigenvalue weighted by atomic mass is 32.1. The van der Waals surface area contributed by atoms with Gasteiger partial charge in [0.25, 0.3) is 0 Å². The molecule has 2 aromatic rings. The molecule has 1 fully saturated rings. The maximum Gasteiger partial charge on any atom is 0.171 e. The van der Waals surface area contributed by atoms with E-state index in [0.717, 1.165) is 37.7 Å². The van der Waals surface area contributed by atoms with E-state index < -0.39 is 0 Å². The second-order valence-corrected chi connectivity index (χ2v) is 6.21. The first-order valence-corrected chi connectivity index (χ1v) is 8.76. The van der Waals surface area contributed by atoms with Crippen molar-refractivity contribution < 1.29 is 9.47 Å². The molecule has 132 valence electrons. The highest BCUT2D eigenvalue weighted by Gasteiger charge is 2.10. The van der Waals surface area contributed by atoms with Gasteiger partial charge in [-0.05, 0) is 42.0 Å². The van der Waals surface area contributed by atoms with Crippen LogP contribution in [0.3, 0.4) is 0 Å². The van der Waals surface area contributed by atoms with E-state index in [2.05, 4.69) is 39.8 Å². The number of thiocarbonyl (C=S) groups is 1. The van der Waals surface area contributed by atoms with Gasteiger partial charge in [-0.2, -0.15) is 0 Å². The Morgan fingerprint density at radius 2 is 1.92 bits per heavy atom. The van der Waals surface area contributed by atoms with Gasteiger partial charge >= 0.3 is 0 Å². The molecule has 0 radical (unpaired) electrons. The van der Waals surface area contributed by atoms with Crippen molar-refractivity contribution in [3.63, 3.8) is 0 Å². The summed E-state index contributed by atoms with van der Waals surface area (Å²) in [6.45, 7) is 4.18. The minimum atomic E-state index is 0.588. The Hall–Kier alpha value is -2.31. The number of anilines is 2. The Morgan fingerprint density at radius 3 is 2.64 bits per heavy atom. The molecule has 6 heteroatoms. The van der Waals surface area contributed by atoms with E-state index in [0.29, 0.717) is 11.7 Å². The molecule has 0 aliphatic carbocycles. The van der Waals surface area contributed by atoms with E-state index in [1.54, 1.807) is 7.11 Å². The van der Waals surface area contributed by atoms with Gasteiger partial charge in [-0.25, -0.2) is 0 Å². The molecule has 3 rings (SSSR count). The summed E-state index contributed by atoms with van der Waals surface area (Å²) in [4.78, 5) is 2.34. The molecule has 2 aromatic carbocycles. The monoisotopic (exact) mass is 357 g/mol. The van der Waals surface area contributed by atoms with Crippen molar-refractivity contribution >= 4 is 28.7 Å². The topological polar surface area (TPSA) is 45.8 Å². The van der Waals surface area contributed by atoms with Crippen molar-refractivity contribution in [2.75, 3.05) is 43.6 Å². The summed E-state index contributed by atoms with van der Waals surface area (Å²) in [6.07, 6.45) is 0. The molecule has 5 nitrogen and oxygen atoms in total. The van der Waals surface area contributed by atoms with Crippen molar-refractivity contribution in [1.29, 1.82) is 0 Å². The fraction of sp³-hybridized carbons (Fsp3) is 0.316. The van der Waals surface area contributed by atoms with E-state index in [1.807, 2.05) is 24.3 Å². The molecule has 0 spiro atoms. The van der Waals surface area contributed by atoms with Crippen molar-refractivity contribution in [2.24, 2.45) is 0 Å². The number of morpholine rings is 1. The third-order valence-corrected chi connectivity index (χ3v) is 4.34. The van der Waals surface area contributed by atoms with Gasteiger partial charge < -0.3 is 25.0 Å². The van der Waals surface area contributed by atoms with Gasteiger partial charge in [0, 0.05) is 37.1 Å². The van der Waals surface area contributed by atoms with Crippen molar-refractivity contribution in [1.82, 2.24) is 5.32 Å². The third kappa shape index (κ3) is 5.08. The van der Waals surface area contributed by atoms with E-state index in [9.17, 15) is 0 Å². The Labute approximate surface area is 153 Å². The predicted octanol–water partition coefficient (Wildman–Crippen LogP) is 3.02. The lowest BCUT2D eigenvalue weighted by Gasteiger charge is -2.28. The van der Waals surface area contributed by atoms with Crippen molar-refractivity contribution in [2.45, 2.75) is 6.54 Å². The van der Waals surface area contributed by atoms with Gasteiger partial charge in [-0.15, -0.1) is 0 Å². The first kappa shape index (κ1) is 17.5. The zero-order chi connectivity index (χ0) is 17.5. The fourth-order valence-corrected chi connectivity index (χ4v) is 2.89. The number of hydrogen-bond acceptors (Lipinski definition) is 4.